The molecule has 0 atom stereocenters. The van der Waals surface area contributed by atoms with E-state index in [1.54, 1.807) is 12.1 Å². The Kier molecular flexibility index (Phi) is 4.09. The highest BCUT2D eigenvalue weighted by Crippen LogP contribution is 2.39. The fourth-order valence-electron chi connectivity index (χ4n) is 2.32. The predicted octanol–water partition coefficient (Wildman–Crippen LogP) is 4.09. The third-order valence-electron chi connectivity index (χ3n) is 3.42. The highest BCUT2D eigenvalue weighted by atomic mass is 35.5. The Morgan fingerprint density at radius 3 is 2.58 bits per heavy atom. The summed E-state index contributed by atoms with van der Waals surface area (Å²) in [5.41, 5.74) is 6.38. The highest BCUT2D eigenvalue weighted by Gasteiger charge is 2.22. The van der Waals surface area contributed by atoms with Crippen LogP contribution < -0.4 is 5.73 Å². The van der Waals surface area contributed by atoms with Crippen molar-refractivity contribution in [2.45, 2.75) is 0 Å². The van der Waals surface area contributed by atoms with E-state index in [2.05, 4.69) is 9.97 Å². The molecule has 3 rings (SSSR count). The maximum absolute atomic E-state index is 14.2. The van der Waals surface area contributed by atoms with Crippen LogP contribution in [0, 0.1) is 15.9 Å². The van der Waals surface area contributed by atoms with Crippen LogP contribution in [-0.4, -0.2) is 14.9 Å². The average molecular weight is 345 g/mol. The Balaban J connectivity index is 2.37. The number of nitrogens with two attached hydrogens (primary N) is 1. The van der Waals surface area contributed by atoms with Gasteiger partial charge in [0.1, 0.15) is 5.82 Å². The number of pyridine rings is 2. The van der Waals surface area contributed by atoms with Gasteiger partial charge in [0.05, 0.1) is 15.6 Å². The number of nitro groups is 1. The van der Waals surface area contributed by atoms with Crippen molar-refractivity contribution in [2.24, 2.45) is 0 Å². The first-order valence-corrected chi connectivity index (χ1v) is 7.16. The van der Waals surface area contributed by atoms with Gasteiger partial charge in [-0.3, -0.25) is 15.1 Å². The van der Waals surface area contributed by atoms with E-state index in [-0.39, 0.29) is 27.8 Å². The zero-order valence-electron chi connectivity index (χ0n) is 12.1. The molecule has 2 N–H and O–H groups in total. The van der Waals surface area contributed by atoms with Gasteiger partial charge in [0.2, 0.25) is 5.82 Å². The molecule has 120 valence electrons. The van der Waals surface area contributed by atoms with Crippen molar-refractivity contribution in [1.29, 1.82) is 0 Å². The molecule has 6 nitrogen and oxygen atoms in total. The molecule has 0 saturated heterocycles. The number of hydrogen-bond donors (Lipinski definition) is 1. The number of halogens is 2. The molecular weight excluding hydrogens is 335 g/mol. The first-order chi connectivity index (χ1) is 11.5. The fourth-order valence-corrected chi connectivity index (χ4v) is 2.54. The van der Waals surface area contributed by atoms with Crippen molar-refractivity contribution in [3.05, 3.63) is 69.7 Å². The van der Waals surface area contributed by atoms with Crippen LogP contribution >= 0.6 is 11.6 Å². The van der Waals surface area contributed by atoms with Gasteiger partial charge in [-0.2, -0.15) is 0 Å². The third kappa shape index (κ3) is 2.77. The highest BCUT2D eigenvalue weighted by molar-refractivity contribution is 6.33. The van der Waals surface area contributed by atoms with E-state index in [1.165, 1.54) is 36.7 Å². The van der Waals surface area contributed by atoms with Gasteiger partial charge >= 0.3 is 5.69 Å². The number of rotatable bonds is 3. The molecule has 0 aliphatic rings. The maximum Gasteiger partial charge on any atom is 0.311 e. The van der Waals surface area contributed by atoms with Gasteiger partial charge in [-0.15, -0.1) is 0 Å². The minimum absolute atomic E-state index is 0.168. The van der Waals surface area contributed by atoms with E-state index in [4.69, 9.17) is 17.3 Å². The quantitative estimate of drug-likeness (QED) is 0.570. The Hall–Kier alpha value is -3.06. The molecule has 0 radical (unpaired) electrons. The van der Waals surface area contributed by atoms with Crippen LogP contribution in [0.15, 0.2) is 48.8 Å². The average Bonchev–Trinajstić information content (AvgIpc) is 2.55. The number of benzene rings is 1. The summed E-state index contributed by atoms with van der Waals surface area (Å²) in [7, 11) is 0. The molecule has 8 heteroatoms. The Morgan fingerprint density at radius 2 is 1.92 bits per heavy atom. The summed E-state index contributed by atoms with van der Waals surface area (Å²) >= 11 is 6.14. The molecule has 2 aromatic heterocycles. The summed E-state index contributed by atoms with van der Waals surface area (Å²) in [6.07, 6.45) is 2.87. The molecule has 2 heterocycles. The van der Waals surface area contributed by atoms with E-state index in [0.29, 0.717) is 11.1 Å². The van der Waals surface area contributed by atoms with Crippen molar-refractivity contribution in [2.75, 3.05) is 5.73 Å². The molecule has 0 spiro atoms. The van der Waals surface area contributed by atoms with Crippen molar-refractivity contribution >= 4 is 23.1 Å². The van der Waals surface area contributed by atoms with Crippen LogP contribution in [0.25, 0.3) is 22.4 Å². The number of anilines is 1. The van der Waals surface area contributed by atoms with E-state index in [1.807, 2.05) is 0 Å². The zero-order chi connectivity index (χ0) is 17.3. The summed E-state index contributed by atoms with van der Waals surface area (Å²) in [4.78, 5) is 18.5. The lowest BCUT2D eigenvalue weighted by atomic mass is 9.99. The molecule has 0 aliphatic carbocycles. The molecular formula is C16H10ClFN4O2. The molecule has 0 saturated carbocycles. The van der Waals surface area contributed by atoms with E-state index in [9.17, 15) is 14.5 Å². The third-order valence-corrected chi connectivity index (χ3v) is 3.72. The second-order valence-corrected chi connectivity index (χ2v) is 5.29. The van der Waals surface area contributed by atoms with Crippen molar-refractivity contribution in [3.8, 4) is 22.4 Å². The van der Waals surface area contributed by atoms with E-state index < -0.39 is 10.7 Å². The second-order valence-electron chi connectivity index (χ2n) is 4.88. The molecule has 0 amide bonds. The maximum atomic E-state index is 14.2. The van der Waals surface area contributed by atoms with Crippen molar-refractivity contribution in [3.63, 3.8) is 0 Å². The van der Waals surface area contributed by atoms with Gasteiger partial charge in [-0.05, 0) is 18.2 Å². The summed E-state index contributed by atoms with van der Waals surface area (Å²) in [5.74, 6) is -0.822. The number of hydrogen-bond acceptors (Lipinski definition) is 5. The van der Waals surface area contributed by atoms with Crippen molar-refractivity contribution < 1.29 is 9.31 Å². The van der Waals surface area contributed by atoms with Crippen LogP contribution in [-0.2, 0) is 0 Å². The molecule has 0 unspecified atom stereocenters. The molecule has 24 heavy (non-hydrogen) atoms. The van der Waals surface area contributed by atoms with Gasteiger partial charge in [-0.25, -0.2) is 9.37 Å². The van der Waals surface area contributed by atoms with Crippen LogP contribution in [0.2, 0.25) is 5.02 Å². The summed E-state index contributed by atoms with van der Waals surface area (Å²) in [6, 6.07) is 8.77. The van der Waals surface area contributed by atoms with Gasteiger partial charge in [0, 0.05) is 35.2 Å². The van der Waals surface area contributed by atoms with Gasteiger partial charge in [0.25, 0.3) is 0 Å². The normalized spacial score (nSPS) is 10.6. The molecule has 3 aromatic rings. The largest absolute Gasteiger partial charge is 0.378 e. The van der Waals surface area contributed by atoms with Gasteiger partial charge in [-0.1, -0.05) is 23.7 Å². The molecule has 0 aliphatic heterocycles. The number of aromatic nitrogens is 2. The minimum Gasteiger partial charge on any atom is -0.378 e. The van der Waals surface area contributed by atoms with Gasteiger partial charge in [0.15, 0.2) is 0 Å². The molecule has 0 fully saturated rings. The summed E-state index contributed by atoms with van der Waals surface area (Å²) in [5, 5.41) is 11.4. The van der Waals surface area contributed by atoms with E-state index >= 15 is 0 Å². The monoisotopic (exact) mass is 344 g/mol. The number of nitrogen functional groups attached to an aromatic ring is 1. The van der Waals surface area contributed by atoms with Crippen LogP contribution in [0.5, 0.6) is 0 Å². The molecule has 0 bridgehead atoms. The Morgan fingerprint density at radius 1 is 1.17 bits per heavy atom. The summed E-state index contributed by atoms with van der Waals surface area (Å²) < 4.78 is 14.2. The molecule has 1 aromatic carbocycles. The van der Waals surface area contributed by atoms with Gasteiger partial charge < -0.3 is 5.73 Å². The fraction of sp³-hybridized carbons (Fsp3) is 0. The van der Waals surface area contributed by atoms with Crippen LogP contribution in [0.1, 0.15) is 0 Å². The lowest BCUT2D eigenvalue weighted by Gasteiger charge is -2.12. The second kappa shape index (κ2) is 6.21. The first kappa shape index (κ1) is 15.8. The topological polar surface area (TPSA) is 94.9 Å². The number of nitrogens with zero attached hydrogens (tertiary/aromatic N) is 3. The zero-order valence-corrected chi connectivity index (χ0v) is 12.9. The Bertz CT molecular complexity index is 949. The Labute approximate surface area is 140 Å². The lowest BCUT2D eigenvalue weighted by molar-refractivity contribution is -0.384. The van der Waals surface area contributed by atoms with Crippen LogP contribution in [0.3, 0.4) is 0 Å². The SMILES string of the molecule is Nc1nc(-c2ccccc2F)c(-c2ccncc2Cl)cc1[N+](=O)[O-]. The summed E-state index contributed by atoms with van der Waals surface area (Å²) in [6.45, 7) is 0. The van der Waals surface area contributed by atoms with Crippen LogP contribution in [0.4, 0.5) is 15.9 Å². The van der Waals surface area contributed by atoms with Crippen molar-refractivity contribution in [1.82, 2.24) is 9.97 Å². The predicted molar refractivity (Wildman–Crippen MR) is 88.9 cm³/mol. The minimum atomic E-state index is -0.647. The standard InChI is InChI=1S/C16H10ClFN4O2/c17-12-8-20-6-5-9(12)11-7-14(22(23)24)16(19)21-15(11)10-3-1-2-4-13(10)18/h1-8H,(H2,19,21). The lowest BCUT2D eigenvalue weighted by Crippen LogP contribution is -2.02. The first-order valence-electron chi connectivity index (χ1n) is 6.78. The van der Waals surface area contributed by atoms with E-state index in [0.717, 1.165) is 0 Å². The smallest absolute Gasteiger partial charge is 0.311 e.